The third-order valence-corrected chi connectivity index (χ3v) is 3.99. The lowest BCUT2D eigenvalue weighted by molar-refractivity contribution is -0.118. The molecule has 1 N–H and O–H groups in total. The van der Waals surface area contributed by atoms with E-state index in [0.29, 0.717) is 33.0 Å². The van der Waals surface area contributed by atoms with Gasteiger partial charge in [0.1, 0.15) is 11.3 Å². The highest BCUT2D eigenvalue weighted by Gasteiger charge is 2.12. The molecule has 0 aliphatic carbocycles. The van der Waals surface area contributed by atoms with Crippen molar-refractivity contribution in [3.63, 3.8) is 0 Å². The molecule has 122 valence electrons. The zero-order valence-corrected chi connectivity index (χ0v) is 14.1. The lowest BCUT2D eigenvalue weighted by Gasteiger charge is -2.09. The number of halogens is 1. The van der Waals surface area contributed by atoms with Crippen molar-refractivity contribution in [3.05, 3.63) is 63.8 Å². The van der Waals surface area contributed by atoms with Gasteiger partial charge in [-0.2, -0.15) is 0 Å². The van der Waals surface area contributed by atoms with Gasteiger partial charge in [-0.1, -0.05) is 37.6 Å². The van der Waals surface area contributed by atoms with E-state index in [1.807, 2.05) is 12.1 Å². The summed E-state index contributed by atoms with van der Waals surface area (Å²) in [5, 5.41) is 3.70. The Hall–Kier alpha value is -2.59. The Kier molecular flexibility index (Phi) is 4.40. The Bertz CT molecular complexity index is 976. The Morgan fingerprint density at radius 2 is 1.88 bits per heavy atom. The molecule has 0 aliphatic heterocycles. The van der Waals surface area contributed by atoms with Crippen LogP contribution in [-0.2, 0) is 4.79 Å². The second-order valence-corrected chi connectivity index (χ2v) is 6.22. The summed E-state index contributed by atoms with van der Waals surface area (Å²) >= 11 is 6.16. The van der Waals surface area contributed by atoms with Crippen LogP contribution >= 0.6 is 11.6 Å². The highest BCUT2D eigenvalue weighted by molar-refractivity contribution is 6.33. The van der Waals surface area contributed by atoms with Crippen molar-refractivity contribution in [3.8, 4) is 11.3 Å². The predicted molar refractivity (Wildman–Crippen MR) is 96.4 cm³/mol. The summed E-state index contributed by atoms with van der Waals surface area (Å²) in [5.74, 6) is 0.170. The highest BCUT2D eigenvalue weighted by atomic mass is 35.5. The van der Waals surface area contributed by atoms with Crippen LogP contribution < -0.4 is 10.7 Å². The van der Waals surface area contributed by atoms with Gasteiger partial charge in [-0.3, -0.25) is 9.59 Å². The number of carbonyl (C=O) groups excluding carboxylic acids is 1. The first kappa shape index (κ1) is 16.3. The molecule has 3 rings (SSSR count). The Morgan fingerprint density at radius 1 is 1.12 bits per heavy atom. The van der Waals surface area contributed by atoms with Gasteiger partial charge >= 0.3 is 0 Å². The van der Waals surface area contributed by atoms with Gasteiger partial charge < -0.3 is 9.73 Å². The van der Waals surface area contributed by atoms with Crippen molar-refractivity contribution in [2.75, 3.05) is 5.32 Å². The van der Waals surface area contributed by atoms with E-state index in [1.54, 1.807) is 44.2 Å². The van der Waals surface area contributed by atoms with Gasteiger partial charge in [-0.05, 0) is 30.3 Å². The molecule has 0 spiro atoms. The van der Waals surface area contributed by atoms with Crippen molar-refractivity contribution < 1.29 is 9.21 Å². The van der Waals surface area contributed by atoms with Crippen molar-refractivity contribution in [1.82, 2.24) is 0 Å². The van der Waals surface area contributed by atoms with Crippen LogP contribution in [0.2, 0.25) is 5.02 Å². The summed E-state index contributed by atoms with van der Waals surface area (Å²) < 4.78 is 5.82. The standard InChI is InChI=1S/C19H16ClNO3/c1-11(2)19(23)21-12-7-8-17-14(9-12)16(22)10-18(24-17)13-5-3-4-6-15(13)20/h3-11H,1-2H3,(H,21,23). The van der Waals surface area contributed by atoms with Gasteiger partial charge in [-0.25, -0.2) is 0 Å². The number of hydrogen-bond donors (Lipinski definition) is 1. The monoisotopic (exact) mass is 341 g/mol. The van der Waals surface area contributed by atoms with E-state index in [9.17, 15) is 9.59 Å². The van der Waals surface area contributed by atoms with Crippen LogP contribution in [0.15, 0.2) is 57.7 Å². The molecule has 0 radical (unpaired) electrons. The molecule has 0 fully saturated rings. The number of carbonyl (C=O) groups is 1. The van der Waals surface area contributed by atoms with E-state index in [1.165, 1.54) is 6.07 Å². The smallest absolute Gasteiger partial charge is 0.226 e. The fourth-order valence-electron chi connectivity index (χ4n) is 2.31. The topological polar surface area (TPSA) is 59.3 Å². The molecule has 3 aromatic rings. The van der Waals surface area contributed by atoms with Crippen molar-refractivity contribution in [1.29, 1.82) is 0 Å². The summed E-state index contributed by atoms with van der Waals surface area (Å²) in [6, 6.07) is 13.6. The summed E-state index contributed by atoms with van der Waals surface area (Å²) in [6.45, 7) is 3.61. The highest BCUT2D eigenvalue weighted by Crippen LogP contribution is 2.29. The molecule has 0 saturated heterocycles. The normalized spacial score (nSPS) is 11.0. The fraction of sp³-hybridized carbons (Fsp3) is 0.158. The lowest BCUT2D eigenvalue weighted by Crippen LogP contribution is -2.17. The maximum absolute atomic E-state index is 12.4. The lowest BCUT2D eigenvalue weighted by atomic mass is 10.1. The second-order valence-electron chi connectivity index (χ2n) is 5.81. The number of anilines is 1. The minimum atomic E-state index is -0.188. The molecule has 1 amide bonds. The summed E-state index contributed by atoms with van der Waals surface area (Å²) in [7, 11) is 0. The largest absolute Gasteiger partial charge is 0.456 e. The van der Waals surface area contributed by atoms with Crippen LogP contribution in [0.1, 0.15) is 13.8 Å². The summed E-state index contributed by atoms with van der Waals surface area (Å²) in [4.78, 5) is 24.2. The van der Waals surface area contributed by atoms with Crippen LogP contribution in [0.4, 0.5) is 5.69 Å². The second kappa shape index (κ2) is 6.49. The first-order valence-electron chi connectivity index (χ1n) is 7.59. The minimum absolute atomic E-state index is 0.105. The molecule has 4 nitrogen and oxygen atoms in total. The van der Waals surface area contributed by atoms with E-state index in [4.69, 9.17) is 16.0 Å². The fourth-order valence-corrected chi connectivity index (χ4v) is 2.54. The number of benzene rings is 2. The van der Waals surface area contributed by atoms with E-state index in [2.05, 4.69) is 5.32 Å². The van der Waals surface area contributed by atoms with Crippen LogP contribution in [-0.4, -0.2) is 5.91 Å². The van der Waals surface area contributed by atoms with Gasteiger partial charge in [0.2, 0.25) is 5.91 Å². The van der Waals surface area contributed by atoms with Gasteiger partial charge in [-0.15, -0.1) is 0 Å². The number of nitrogens with one attached hydrogen (secondary N) is 1. The van der Waals surface area contributed by atoms with Crippen LogP contribution in [0.5, 0.6) is 0 Å². The SMILES string of the molecule is CC(C)C(=O)Nc1ccc2oc(-c3ccccc3Cl)cc(=O)c2c1. The molecule has 1 heterocycles. The molecule has 0 bridgehead atoms. The van der Waals surface area contributed by atoms with Crippen LogP contribution in [0.25, 0.3) is 22.3 Å². The molecular weight excluding hydrogens is 326 g/mol. The number of rotatable bonds is 3. The average molecular weight is 342 g/mol. The average Bonchev–Trinajstić information content (AvgIpc) is 2.55. The Balaban J connectivity index is 2.06. The van der Waals surface area contributed by atoms with Gasteiger partial charge in [0, 0.05) is 23.2 Å². The van der Waals surface area contributed by atoms with E-state index in [0.717, 1.165) is 0 Å². The molecule has 0 saturated carbocycles. The predicted octanol–water partition coefficient (Wildman–Crippen LogP) is 4.71. The molecule has 0 atom stereocenters. The molecule has 1 aromatic heterocycles. The van der Waals surface area contributed by atoms with Gasteiger partial charge in [0.15, 0.2) is 5.43 Å². The zero-order chi connectivity index (χ0) is 17.3. The van der Waals surface area contributed by atoms with E-state index < -0.39 is 0 Å². The molecule has 0 unspecified atom stereocenters. The van der Waals surface area contributed by atoms with E-state index >= 15 is 0 Å². The van der Waals surface area contributed by atoms with Crippen molar-refractivity contribution >= 4 is 34.2 Å². The molecule has 2 aromatic carbocycles. The van der Waals surface area contributed by atoms with E-state index in [-0.39, 0.29) is 17.3 Å². The molecular formula is C19H16ClNO3. The third-order valence-electron chi connectivity index (χ3n) is 3.66. The number of amides is 1. The maximum Gasteiger partial charge on any atom is 0.226 e. The number of hydrogen-bond acceptors (Lipinski definition) is 3. The minimum Gasteiger partial charge on any atom is -0.456 e. The van der Waals surface area contributed by atoms with Crippen molar-refractivity contribution in [2.24, 2.45) is 5.92 Å². The Labute approximate surface area is 144 Å². The zero-order valence-electron chi connectivity index (χ0n) is 13.3. The van der Waals surface area contributed by atoms with Crippen LogP contribution in [0, 0.1) is 5.92 Å². The molecule has 24 heavy (non-hydrogen) atoms. The summed E-state index contributed by atoms with van der Waals surface area (Å²) in [6.07, 6.45) is 0. The first-order valence-corrected chi connectivity index (χ1v) is 7.97. The Morgan fingerprint density at radius 3 is 2.58 bits per heavy atom. The van der Waals surface area contributed by atoms with Gasteiger partial charge in [0.05, 0.1) is 10.4 Å². The van der Waals surface area contributed by atoms with Crippen molar-refractivity contribution in [2.45, 2.75) is 13.8 Å². The molecule has 5 heteroatoms. The maximum atomic E-state index is 12.4. The summed E-state index contributed by atoms with van der Waals surface area (Å²) in [5.41, 5.74) is 1.49. The molecule has 0 aliphatic rings. The van der Waals surface area contributed by atoms with Gasteiger partial charge in [0.25, 0.3) is 0 Å². The quantitative estimate of drug-likeness (QED) is 0.750. The third kappa shape index (κ3) is 3.19. The first-order chi connectivity index (χ1) is 11.5. The van der Waals surface area contributed by atoms with Crippen LogP contribution in [0.3, 0.4) is 0 Å². The number of fused-ring (bicyclic) bond motifs is 1.